The number of phosphoric ester groups is 1. The van der Waals surface area contributed by atoms with E-state index in [9.17, 15) is 19.4 Å². The normalized spacial score (nSPS) is 13.7. The lowest BCUT2D eigenvalue weighted by Gasteiger charge is -2.29. The Morgan fingerprint density at radius 3 is 0.929 bits per heavy atom. The maximum Gasteiger partial charge on any atom is 0.268 e. The molecule has 0 bridgehead atoms. The van der Waals surface area contributed by atoms with Gasteiger partial charge in [0.2, 0.25) is 5.91 Å². The van der Waals surface area contributed by atoms with Gasteiger partial charge in [0.25, 0.3) is 7.82 Å². The third-order valence-electron chi connectivity index (χ3n) is 17.7. The number of carbonyl (C=O) groups excluding carboxylic acids is 1. The minimum absolute atomic E-state index is 0.00236. The molecule has 9 heteroatoms. The van der Waals surface area contributed by atoms with Gasteiger partial charge in [0.1, 0.15) is 13.2 Å². The molecule has 0 aliphatic carbocycles. The number of phosphoric acid groups is 1. The number of aliphatic hydroxyl groups is 1. The molecule has 8 nitrogen and oxygen atoms in total. The van der Waals surface area contributed by atoms with Gasteiger partial charge in [0, 0.05) is 6.42 Å². The molecular weight excluding hydrogens is 1060 g/mol. The first-order chi connectivity index (χ1) is 41.0. The highest BCUT2D eigenvalue weighted by Gasteiger charge is 2.23. The molecule has 1 amide bonds. The lowest BCUT2D eigenvalue weighted by atomic mass is 10.0. The summed E-state index contributed by atoms with van der Waals surface area (Å²) in [6, 6.07) is -0.885. The fourth-order valence-electron chi connectivity index (χ4n) is 11.8. The number of hydrogen-bond acceptors (Lipinski definition) is 6. The number of amides is 1. The van der Waals surface area contributed by atoms with E-state index in [4.69, 9.17) is 9.05 Å². The third kappa shape index (κ3) is 68.5. The molecule has 3 atom stereocenters. The Labute approximate surface area is 525 Å². The fourth-order valence-corrected chi connectivity index (χ4v) is 12.5. The summed E-state index contributed by atoms with van der Waals surface area (Å²) < 4.78 is 23.5. The van der Waals surface area contributed by atoms with E-state index in [0.717, 1.165) is 38.5 Å². The van der Waals surface area contributed by atoms with E-state index < -0.39 is 20.0 Å². The minimum atomic E-state index is -4.60. The molecule has 0 aromatic rings. The molecule has 84 heavy (non-hydrogen) atoms. The van der Waals surface area contributed by atoms with Gasteiger partial charge in [-0.1, -0.05) is 372 Å². The zero-order valence-corrected chi connectivity index (χ0v) is 58.3. The molecule has 0 radical (unpaired) electrons. The Balaban J connectivity index is 3.91. The third-order valence-corrected chi connectivity index (χ3v) is 18.6. The first-order valence-corrected chi connectivity index (χ1v) is 39.2. The van der Waals surface area contributed by atoms with Crippen LogP contribution in [-0.4, -0.2) is 68.5 Å². The fraction of sp³-hybridized carbons (Fsp3) is 0.933. The van der Waals surface area contributed by atoms with Gasteiger partial charge in [-0.25, -0.2) is 0 Å². The molecule has 0 aliphatic heterocycles. The zero-order valence-electron chi connectivity index (χ0n) is 57.4. The number of nitrogens with zero attached hydrogens (tertiary/aromatic N) is 1. The Bertz CT molecular complexity index is 1420. The van der Waals surface area contributed by atoms with Gasteiger partial charge in [-0.2, -0.15) is 0 Å². The Hall–Kier alpha value is -1.02. The number of aliphatic hydroxyl groups excluding tert-OH is 1. The van der Waals surface area contributed by atoms with Crippen LogP contribution < -0.4 is 10.2 Å². The van der Waals surface area contributed by atoms with Crippen LogP contribution in [0.5, 0.6) is 0 Å². The van der Waals surface area contributed by atoms with E-state index in [1.807, 2.05) is 27.2 Å². The van der Waals surface area contributed by atoms with E-state index >= 15 is 0 Å². The molecule has 0 heterocycles. The number of quaternary nitrogens is 1. The van der Waals surface area contributed by atoms with Crippen molar-refractivity contribution in [1.29, 1.82) is 0 Å². The summed E-state index contributed by atoms with van der Waals surface area (Å²) in [5.41, 5.74) is 0. The van der Waals surface area contributed by atoms with E-state index in [1.54, 1.807) is 6.08 Å². The Morgan fingerprint density at radius 2 is 0.655 bits per heavy atom. The zero-order chi connectivity index (χ0) is 61.2. The summed E-state index contributed by atoms with van der Waals surface area (Å²) >= 11 is 0. The van der Waals surface area contributed by atoms with Gasteiger partial charge in [0.05, 0.1) is 39.9 Å². The Morgan fingerprint density at radius 1 is 0.405 bits per heavy atom. The van der Waals surface area contributed by atoms with Crippen molar-refractivity contribution in [2.24, 2.45) is 0 Å². The standard InChI is InChI=1S/C75H149N2O6P/c1-6-8-10-12-14-16-18-20-22-24-26-28-30-31-32-33-34-35-36-37-38-39-40-41-42-43-44-45-47-49-51-53-55-57-59-61-63-65-67-69-75(79)76-73(72-83-84(80,81)82-71-70-77(3,4)5)74(78)68-66-64-62-60-58-56-54-52-50-48-46-29-27-25-23-21-19-17-15-13-11-9-7-2/h24,26,66,68,73-74,78H,6-23,25,27-65,67,69-72H2,1-5H3,(H-,76,79,80,81)/b26-24-,68-66+. The van der Waals surface area contributed by atoms with Crippen LogP contribution in [0, 0.1) is 0 Å². The average molecular weight is 1210 g/mol. The largest absolute Gasteiger partial charge is 0.756 e. The van der Waals surface area contributed by atoms with Crippen LogP contribution >= 0.6 is 7.82 Å². The summed E-state index contributed by atoms with van der Waals surface area (Å²) in [5.74, 6) is -0.187. The highest BCUT2D eigenvalue weighted by molar-refractivity contribution is 7.45. The molecule has 0 spiro atoms. The SMILES string of the molecule is CCCCCCCCCC/C=C\CCCCCCCCCCCCCCCCCCCCCCCCCCCCCC(=O)NC(COP(=O)([O-])OCC[N+](C)(C)C)C(O)/C=C/CCCCCCCCCCCCCCCCCCCCCCC. The van der Waals surface area contributed by atoms with Crippen LogP contribution in [-0.2, 0) is 18.4 Å². The van der Waals surface area contributed by atoms with Crippen molar-refractivity contribution in [2.75, 3.05) is 40.9 Å². The van der Waals surface area contributed by atoms with E-state index in [2.05, 4.69) is 31.3 Å². The monoisotopic (exact) mass is 1210 g/mol. The predicted octanol–water partition coefficient (Wildman–Crippen LogP) is 23.6. The number of nitrogens with one attached hydrogen (secondary N) is 1. The van der Waals surface area contributed by atoms with Crippen molar-refractivity contribution >= 4 is 13.7 Å². The van der Waals surface area contributed by atoms with Crippen molar-refractivity contribution in [1.82, 2.24) is 5.32 Å². The highest BCUT2D eigenvalue weighted by atomic mass is 31.2. The van der Waals surface area contributed by atoms with Crippen LogP contribution in [0.3, 0.4) is 0 Å². The van der Waals surface area contributed by atoms with Crippen LogP contribution in [0.25, 0.3) is 0 Å². The number of unbranched alkanes of at least 4 members (excludes halogenated alkanes) is 56. The van der Waals surface area contributed by atoms with Crippen LogP contribution in [0.1, 0.15) is 399 Å². The second-order valence-corrected chi connectivity index (χ2v) is 28.8. The molecule has 0 saturated heterocycles. The van der Waals surface area contributed by atoms with Crippen molar-refractivity contribution in [2.45, 2.75) is 411 Å². The summed E-state index contributed by atoms with van der Waals surface area (Å²) in [6.45, 7) is 4.72. The highest BCUT2D eigenvalue weighted by Crippen LogP contribution is 2.38. The molecule has 0 aliphatic rings. The molecular formula is C75H149N2O6P. The number of allylic oxidation sites excluding steroid dienone is 3. The van der Waals surface area contributed by atoms with E-state index in [1.165, 1.54) is 340 Å². The molecule has 0 aromatic carbocycles. The van der Waals surface area contributed by atoms with Gasteiger partial charge >= 0.3 is 0 Å². The Kier molecular flexibility index (Phi) is 65.6. The van der Waals surface area contributed by atoms with Crippen LogP contribution in [0.15, 0.2) is 24.3 Å². The van der Waals surface area contributed by atoms with Gasteiger partial charge in [-0.05, 0) is 44.9 Å². The number of rotatable bonds is 71. The number of hydrogen-bond donors (Lipinski definition) is 2. The molecule has 0 saturated carbocycles. The molecule has 2 N–H and O–H groups in total. The first-order valence-electron chi connectivity index (χ1n) is 37.7. The number of carbonyl (C=O) groups is 1. The maximum absolute atomic E-state index is 13.0. The molecule has 0 fully saturated rings. The lowest BCUT2D eigenvalue weighted by molar-refractivity contribution is -0.870. The van der Waals surface area contributed by atoms with Crippen molar-refractivity contribution in [3.05, 3.63) is 24.3 Å². The lowest BCUT2D eigenvalue weighted by Crippen LogP contribution is -2.45. The van der Waals surface area contributed by atoms with Crippen LogP contribution in [0.4, 0.5) is 0 Å². The van der Waals surface area contributed by atoms with Crippen LogP contribution in [0.2, 0.25) is 0 Å². The second kappa shape index (κ2) is 66.4. The molecule has 3 unspecified atom stereocenters. The number of likely N-dealkylation sites (N-methyl/N-ethyl adjacent to an activating group) is 1. The van der Waals surface area contributed by atoms with Crippen molar-refractivity contribution < 1.29 is 32.9 Å². The van der Waals surface area contributed by atoms with Gasteiger partial charge in [-0.3, -0.25) is 9.36 Å². The quantitative estimate of drug-likeness (QED) is 0.0272. The predicted molar refractivity (Wildman–Crippen MR) is 367 cm³/mol. The van der Waals surface area contributed by atoms with Gasteiger partial charge < -0.3 is 28.8 Å². The molecule has 0 rings (SSSR count). The summed E-state index contributed by atoms with van der Waals surface area (Å²) in [5, 5.41) is 14.0. The van der Waals surface area contributed by atoms with Gasteiger partial charge in [-0.15, -0.1) is 0 Å². The maximum atomic E-state index is 13.0. The topological polar surface area (TPSA) is 108 Å². The van der Waals surface area contributed by atoms with E-state index in [-0.39, 0.29) is 19.1 Å². The smallest absolute Gasteiger partial charge is 0.268 e. The molecule has 0 aromatic heterocycles. The first kappa shape index (κ1) is 83.0. The van der Waals surface area contributed by atoms with E-state index in [0.29, 0.717) is 17.4 Å². The van der Waals surface area contributed by atoms with Crippen molar-refractivity contribution in [3.8, 4) is 0 Å². The second-order valence-electron chi connectivity index (χ2n) is 27.4. The summed E-state index contributed by atoms with van der Waals surface area (Å²) in [7, 11) is 1.28. The van der Waals surface area contributed by atoms with Crippen molar-refractivity contribution in [3.63, 3.8) is 0 Å². The summed E-state index contributed by atoms with van der Waals surface area (Å²) in [6.07, 6.45) is 87.6. The average Bonchev–Trinajstić information content (AvgIpc) is 3.56. The minimum Gasteiger partial charge on any atom is -0.756 e. The molecule has 500 valence electrons. The van der Waals surface area contributed by atoms with Gasteiger partial charge in [0.15, 0.2) is 0 Å². The summed E-state index contributed by atoms with van der Waals surface area (Å²) in [4.78, 5) is 25.7.